The number of hydrogen-bond donors (Lipinski definition) is 0. The van der Waals surface area contributed by atoms with Crippen LogP contribution in [-0.2, 0) is 11.3 Å². The number of amides is 1. The molecule has 0 aromatic carbocycles. The molecule has 1 amide bonds. The topological polar surface area (TPSA) is 51.0 Å². The highest BCUT2D eigenvalue weighted by molar-refractivity contribution is 5.75. The minimum atomic E-state index is 0.0187. The zero-order valence-electron chi connectivity index (χ0n) is 9.06. The van der Waals surface area contributed by atoms with Crippen molar-refractivity contribution in [3.05, 3.63) is 11.9 Å². The summed E-state index contributed by atoms with van der Waals surface area (Å²) in [5.41, 5.74) is 0.913. The first-order valence-corrected chi connectivity index (χ1v) is 4.61. The fourth-order valence-corrected chi connectivity index (χ4v) is 0.935. The quantitative estimate of drug-likeness (QED) is 0.707. The van der Waals surface area contributed by atoms with Gasteiger partial charge in [0.2, 0.25) is 5.91 Å². The molecule has 0 radical (unpaired) electrons. The summed E-state index contributed by atoms with van der Waals surface area (Å²) in [6.07, 6.45) is 1.81. The van der Waals surface area contributed by atoms with Crippen molar-refractivity contribution in [3.8, 4) is 0 Å². The maximum Gasteiger partial charge on any atom is 0.243 e. The van der Waals surface area contributed by atoms with Crippen LogP contribution < -0.4 is 0 Å². The van der Waals surface area contributed by atoms with Gasteiger partial charge in [0, 0.05) is 20.3 Å². The van der Waals surface area contributed by atoms with Crippen LogP contribution in [0.5, 0.6) is 0 Å². The average molecular weight is 196 g/mol. The number of aromatic nitrogens is 3. The van der Waals surface area contributed by atoms with Gasteiger partial charge in [-0.15, -0.1) is 5.10 Å². The Bertz CT molecular complexity index is 316. The molecule has 0 fully saturated rings. The lowest BCUT2D eigenvalue weighted by atomic mass is 10.2. The van der Waals surface area contributed by atoms with Crippen LogP contribution in [0.15, 0.2) is 6.20 Å². The zero-order chi connectivity index (χ0) is 10.7. The smallest absolute Gasteiger partial charge is 0.243 e. The lowest BCUT2D eigenvalue weighted by Gasteiger charge is -2.08. The first-order valence-electron chi connectivity index (χ1n) is 4.61. The van der Waals surface area contributed by atoms with Crippen LogP contribution in [0.2, 0.25) is 0 Å². The summed E-state index contributed by atoms with van der Waals surface area (Å²) in [6.45, 7) is 4.34. The van der Waals surface area contributed by atoms with Crippen LogP contribution in [0.1, 0.15) is 25.5 Å². The lowest BCUT2D eigenvalue weighted by molar-refractivity contribution is -0.129. The summed E-state index contributed by atoms with van der Waals surface area (Å²) in [5.74, 6) is 0.364. The molecule has 0 unspecified atom stereocenters. The fourth-order valence-electron chi connectivity index (χ4n) is 0.935. The Morgan fingerprint density at radius 3 is 2.64 bits per heavy atom. The van der Waals surface area contributed by atoms with Crippen molar-refractivity contribution in [2.75, 3.05) is 14.1 Å². The molecule has 1 aromatic rings. The number of hydrogen-bond acceptors (Lipinski definition) is 3. The Hall–Kier alpha value is -1.39. The zero-order valence-corrected chi connectivity index (χ0v) is 9.06. The van der Waals surface area contributed by atoms with E-state index < -0.39 is 0 Å². The van der Waals surface area contributed by atoms with E-state index in [9.17, 15) is 4.79 Å². The highest BCUT2D eigenvalue weighted by Crippen LogP contribution is 2.08. The van der Waals surface area contributed by atoms with Gasteiger partial charge in [-0.05, 0) is 5.92 Å². The van der Waals surface area contributed by atoms with Gasteiger partial charge < -0.3 is 4.90 Å². The molecule has 0 aliphatic carbocycles. The highest BCUT2D eigenvalue weighted by Gasteiger charge is 2.08. The molecule has 0 aliphatic rings. The van der Waals surface area contributed by atoms with Crippen LogP contribution in [0, 0.1) is 0 Å². The summed E-state index contributed by atoms with van der Waals surface area (Å²) >= 11 is 0. The number of likely N-dealkylation sites (N-methyl/N-ethyl adjacent to an activating group) is 1. The molecule has 1 aromatic heterocycles. The summed E-state index contributed by atoms with van der Waals surface area (Å²) in [5, 5.41) is 7.85. The monoisotopic (exact) mass is 196 g/mol. The third-order valence-electron chi connectivity index (χ3n) is 1.94. The van der Waals surface area contributed by atoms with E-state index in [2.05, 4.69) is 10.3 Å². The molecule has 0 bridgehead atoms. The molecule has 0 N–H and O–H groups in total. The van der Waals surface area contributed by atoms with E-state index in [1.165, 1.54) is 4.90 Å². The molecular weight excluding hydrogens is 180 g/mol. The maximum atomic E-state index is 11.3. The third kappa shape index (κ3) is 2.55. The largest absolute Gasteiger partial charge is 0.347 e. The Morgan fingerprint density at radius 2 is 2.21 bits per heavy atom. The van der Waals surface area contributed by atoms with Crippen molar-refractivity contribution in [1.29, 1.82) is 0 Å². The minimum Gasteiger partial charge on any atom is -0.347 e. The standard InChI is InChI=1S/C9H16N4O/c1-7(2)8-5-13(11-10-8)6-9(14)12(3)4/h5,7H,6H2,1-4H3. The van der Waals surface area contributed by atoms with E-state index in [1.54, 1.807) is 18.8 Å². The second kappa shape index (κ2) is 4.21. The maximum absolute atomic E-state index is 11.3. The minimum absolute atomic E-state index is 0.0187. The number of nitrogens with zero attached hydrogens (tertiary/aromatic N) is 4. The molecule has 0 saturated heterocycles. The fraction of sp³-hybridized carbons (Fsp3) is 0.667. The third-order valence-corrected chi connectivity index (χ3v) is 1.94. The molecule has 5 nitrogen and oxygen atoms in total. The van der Waals surface area contributed by atoms with Crippen molar-refractivity contribution in [3.63, 3.8) is 0 Å². The van der Waals surface area contributed by atoms with E-state index in [1.807, 2.05) is 20.0 Å². The molecule has 0 aliphatic heterocycles. The first-order chi connectivity index (χ1) is 6.50. The van der Waals surface area contributed by atoms with E-state index >= 15 is 0 Å². The van der Waals surface area contributed by atoms with E-state index in [0.717, 1.165) is 5.69 Å². The number of carbonyl (C=O) groups is 1. The lowest BCUT2D eigenvalue weighted by Crippen LogP contribution is -2.26. The molecule has 1 heterocycles. The highest BCUT2D eigenvalue weighted by atomic mass is 16.2. The van der Waals surface area contributed by atoms with Gasteiger partial charge in [0.1, 0.15) is 6.54 Å². The molecule has 14 heavy (non-hydrogen) atoms. The first kappa shape index (κ1) is 10.7. The van der Waals surface area contributed by atoms with Gasteiger partial charge in [-0.2, -0.15) is 0 Å². The second-order valence-corrected chi connectivity index (χ2v) is 3.78. The Kier molecular flexibility index (Phi) is 3.22. The van der Waals surface area contributed by atoms with Crippen LogP contribution in [-0.4, -0.2) is 39.9 Å². The van der Waals surface area contributed by atoms with Gasteiger partial charge in [0.05, 0.1) is 5.69 Å². The van der Waals surface area contributed by atoms with Crippen molar-refractivity contribution < 1.29 is 4.79 Å². The second-order valence-electron chi connectivity index (χ2n) is 3.78. The SMILES string of the molecule is CC(C)c1cn(CC(=O)N(C)C)nn1. The normalized spacial score (nSPS) is 10.6. The summed E-state index contributed by atoms with van der Waals surface area (Å²) in [6, 6.07) is 0. The summed E-state index contributed by atoms with van der Waals surface area (Å²) in [4.78, 5) is 12.9. The van der Waals surface area contributed by atoms with E-state index in [0.29, 0.717) is 5.92 Å². The molecule has 78 valence electrons. The van der Waals surface area contributed by atoms with Crippen LogP contribution in [0.3, 0.4) is 0 Å². The van der Waals surface area contributed by atoms with Crippen molar-refractivity contribution in [1.82, 2.24) is 19.9 Å². The molecular formula is C9H16N4O. The van der Waals surface area contributed by atoms with Crippen LogP contribution in [0.25, 0.3) is 0 Å². The molecule has 5 heteroatoms. The molecule has 0 saturated carbocycles. The average Bonchev–Trinajstić information content (AvgIpc) is 2.52. The van der Waals surface area contributed by atoms with Gasteiger partial charge in [-0.1, -0.05) is 19.1 Å². The summed E-state index contributed by atoms with van der Waals surface area (Å²) in [7, 11) is 3.45. The van der Waals surface area contributed by atoms with Crippen LogP contribution >= 0.6 is 0 Å². The van der Waals surface area contributed by atoms with E-state index in [-0.39, 0.29) is 12.5 Å². The molecule has 1 rings (SSSR count). The Balaban J connectivity index is 2.64. The van der Waals surface area contributed by atoms with Gasteiger partial charge in [0.25, 0.3) is 0 Å². The van der Waals surface area contributed by atoms with Gasteiger partial charge >= 0.3 is 0 Å². The predicted molar refractivity (Wildman–Crippen MR) is 52.8 cm³/mol. The van der Waals surface area contributed by atoms with Crippen LogP contribution in [0.4, 0.5) is 0 Å². The van der Waals surface area contributed by atoms with Crippen molar-refractivity contribution >= 4 is 5.91 Å². The van der Waals surface area contributed by atoms with Crippen molar-refractivity contribution in [2.45, 2.75) is 26.3 Å². The van der Waals surface area contributed by atoms with E-state index in [4.69, 9.17) is 0 Å². The summed E-state index contributed by atoms with van der Waals surface area (Å²) < 4.78 is 1.57. The predicted octanol–water partition coefficient (Wildman–Crippen LogP) is 0.490. The molecule has 0 atom stereocenters. The Labute approximate surface area is 83.7 Å². The number of rotatable bonds is 3. The van der Waals surface area contributed by atoms with Gasteiger partial charge in [-0.3, -0.25) is 4.79 Å². The van der Waals surface area contributed by atoms with Gasteiger partial charge in [0.15, 0.2) is 0 Å². The van der Waals surface area contributed by atoms with Gasteiger partial charge in [-0.25, -0.2) is 4.68 Å². The Morgan fingerprint density at radius 1 is 1.57 bits per heavy atom. The van der Waals surface area contributed by atoms with Crippen molar-refractivity contribution in [2.24, 2.45) is 0 Å². The molecule has 0 spiro atoms. The number of carbonyl (C=O) groups excluding carboxylic acids is 1.